The molecule has 35 heavy (non-hydrogen) atoms. The van der Waals surface area contributed by atoms with Crippen molar-refractivity contribution < 1.29 is 28.6 Å². The van der Waals surface area contributed by atoms with Crippen molar-refractivity contribution in [3.63, 3.8) is 0 Å². The van der Waals surface area contributed by atoms with E-state index < -0.39 is 29.8 Å². The number of carboxylic acid groups (broad SMARTS) is 1. The molecular formula is C27H23FN2O5. The summed E-state index contributed by atoms with van der Waals surface area (Å²) in [5, 5.41) is 14.1. The quantitative estimate of drug-likeness (QED) is 0.457. The molecule has 0 heterocycles. The third-order valence-corrected chi connectivity index (χ3v) is 6.45. The highest BCUT2D eigenvalue weighted by molar-refractivity contribution is 5.97. The minimum absolute atomic E-state index is 0.107. The van der Waals surface area contributed by atoms with Gasteiger partial charge in [-0.05, 0) is 59.2 Å². The molecule has 3 aromatic rings. The number of anilines is 1. The Labute approximate surface area is 200 Å². The Morgan fingerprint density at radius 2 is 1.60 bits per heavy atom. The van der Waals surface area contributed by atoms with Gasteiger partial charge in [-0.1, -0.05) is 48.5 Å². The lowest BCUT2D eigenvalue weighted by Gasteiger charge is -2.15. The maximum Gasteiger partial charge on any atom is 0.411 e. The topological polar surface area (TPSA) is 105 Å². The molecule has 8 heteroatoms. The molecule has 0 aromatic heterocycles. The third kappa shape index (κ3) is 4.59. The average Bonchev–Trinajstić information content (AvgIpc) is 3.63. The van der Waals surface area contributed by atoms with Crippen LogP contribution in [0.3, 0.4) is 0 Å². The maximum absolute atomic E-state index is 14.6. The zero-order chi connectivity index (χ0) is 24.5. The van der Waals surface area contributed by atoms with Crippen LogP contribution in [-0.2, 0) is 9.53 Å². The molecule has 0 bridgehead atoms. The highest BCUT2D eigenvalue weighted by Gasteiger charge is 2.37. The van der Waals surface area contributed by atoms with Gasteiger partial charge in [0, 0.05) is 11.6 Å². The van der Waals surface area contributed by atoms with Gasteiger partial charge in [-0.15, -0.1) is 0 Å². The van der Waals surface area contributed by atoms with E-state index in [9.17, 15) is 23.9 Å². The van der Waals surface area contributed by atoms with E-state index >= 15 is 0 Å². The molecular weight excluding hydrogens is 451 g/mol. The van der Waals surface area contributed by atoms with Crippen LogP contribution in [-0.4, -0.2) is 35.7 Å². The van der Waals surface area contributed by atoms with Gasteiger partial charge in [-0.3, -0.25) is 10.1 Å². The zero-order valence-corrected chi connectivity index (χ0v) is 18.7. The van der Waals surface area contributed by atoms with Gasteiger partial charge < -0.3 is 15.2 Å². The van der Waals surface area contributed by atoms with Crippen LogP contribution in [0.2, 0.25) is 0 Å². The predicted molar refractivity (Wildman–Crippen MR) is 127 cm³/mol. The van der Waals surface area contributed by atoms with E-state index in [0.29, 0.717) is 12.8 Å². The molecule has 2 aliphatic rings. The first-order valence-corrected chi connectivity index (χ1v) is 11.4. The monoisotopic (exact) mass is 474 g/mol. The fourth-order valence-electron chi connectivity index (χ4n) is 4.56. The summed E-state index contributed by atoms with van der Waals surface area (Å²) in [6, 6.07) is 18.5. The zero-order valence-electron chi connectivity index (χ0n) is 18.7. The average molecular weight is 474 g/mol. The second-order valence-corrected chi connectivity index (χ2v) is 8.77. The van der Waals surface area contributed by atoms with Crippen molar-refractivity contribution in [2.24, 2.45) is 5.92 Å². The van der Waals surface area contributed by atoms with Crippen LogP contribution in [0.5, 0.6) is 0 Å². The van der Waals surface area contributed by atoms with Crippen LogP contribution < -0.4 is 10.6 Å². The van der Waals surface area contributed by atoms with Gasteiger partial charge in [0.05, 0.1) is 5.56 Å². The summed E-state index contributed by atoms with van der Waals surface area (Å²) in [5.41, 5.74) is 4.20. The number of amides is 2. The molecule has 5 rings (SSSR count). The Morgan fingerprint density at radius 1 is 0.971 bits per heavy atom. The number of halogens is 1. The fourth-order valence-corrected chi connectivity index (χ4v) is 4.56. The number of aliphatic carboxylic acids is 1. The molecule has 0 spiro atoms. The maximum atomic E-state index is 14.6. The summed E-state index contributed by atoms with van der Waals surface area (Å²) in [6.07, 6.45) is 0.675. The van der Waals surface area contributed by atoms with Gasteiger partial charge in [-0.2, -0.15) is 0 Å². The number of benzene rings is 3. The summed E-state index contributed by atoms with van der Waals surface area (Å²) in [5.74, 6) is -3.07. The van der Waals surface area contributed by atoms with E-state index in [4.69, 9.17) is 4.74 Å². The van der Waals surface area contributed by atoms with Crippen molar-refractivity contribution in [2.75, 3.05) is 11.9 Å². The number of carbonyl (C=O) groups is 3. The SMILES string of the molecule is O=C(Nc1ccc(C(=O)NC(C(=O)O)C2CC2)c(F)c1)OCC1c2ccccc2-c2ccccc21. The van der Waals surface area contributed by atoms with E-state index in [1.165, 1.54) is 12.1 Å². The molecule has 1 unspecified atom stereocenters. The van der Waals surface area contributed by atoms with E-state index in [2.05, 4.69) is 10.6 Å². The molecule has 3 N–H and O–H groups in total. The molecule has 1 fully saturated rings. The lowest BCUT2D eigenvalue weighted by molar-refractivity contribution is -0.139. The second kappa shape index (κ2) is 9.21. The van der Waals surface area contributed by atoms with Gasteiger partial charge in [-0.25, -0.2) is 14.0 Å². The number of rotatable bonds is 7. The van der Waals surface area contributed by atoms with E-state index in [-0.39, 0.29) is 29.7 Å². The van der Waals surface area contributed by atoms with Crippen molar-refractivity contribution in [3.05, 3.63) is 89.2 Å². The van der Waals surface area contributed by atoms with Crippen LogP contribution in [0, 0.1) is 11.7 Å². The second-order valence-electron chi connectivity index (χ2n) is 8.77. The normalized spacial score (nSPS) is 15.0. The van der Waals surface area contributed by atoms with Crippen molar-refractivity contribution in [1.29, 1.82) is 0 Å². The highest BCUT2D eigenvalue weighted by atomic mass is 19.1. The molecule has 0 radical (unpaired) electrons. The van der Waals surface area contributed by atoms with Crippen LogP contribution in [0.25, 0.3) is 11.1 Å². The van der Waals surface area contributed by atoms with Crippen LogP contribution in [0.1, 0.15) is 40.2 Å². The summed E-state index contributed by atoms with van der Waals surface area (Å²) in [7, 11) is 0. The number of hydrogen-bond acceptors (Lipinski definition) is 4. The molecule has 2 aliphatic carbocycles. The number of ether oxygens (including phenoxy) is 1. The fraction of sp³-hybridized carbons (Fsp3) is 0.222. The van der Waals surface area contributed by atoms with Gasteiger partial charge in [0.1, 0.15) is 18.5 Å². The lowest BCUT2D eigenvalue weighted by Crippen LogP contribution is -2.42. The molecule has 178 valence electrons. The minimum atomic E-state index is -1.14. The van der Waals surface area contributed by atoms with Gasteiger partial charge >= 0.3 is 12.1 Å². The van der Waals surface area contributed by atoms with Crippen LogP contribution >= 0.6 is 0 Å². The number of fused-ring (bicyclic) bond motifs is 3. The first-order chi connectivity index (χ1) is 16.9. The third-order valence-electron chi connectivity index (χ3n) is 6.45. The first kappa shape index (κ1) is 22.6. The first-order valence-electron chi connectivity index (χ1n) is 11.4. The number of hydrogen-bond donors (Lipinski definition) is 3. The van der Waals surface area contributed by atoms with Crippen molar-refractivity contribution >= 4 is 23.7 Å². The molecule has 3 aromatic carbocycles. The van der Waals surface area contributed by atoms with E-state index in [0.717, 1.165) is 28.3 Å². The van der Waals surface area contributed by atoms with Crippen molar-refractivity contribution in [1.82, 2.24) is 5.32 Å². The summed E-state index contributed by atoms with van der Waals surface area (Å²) in [4.78, 5) is 36.1. The smallest absolute Gasteiger partial charge is 0.411 e. The molecule has 1 atom stereocenters. The Morgan fingerprint density at radius 3 is 2.17 bits per heavy atom. The van der Waals surface area contributed by atoms with Gasteiger partial charge in [0.15, 0.2) is 0 Å². The summed E-state index contributed by atoms with van der Waals surface area (Å²) >= 11 is 0. The number of carboxylic acids is 1. The van der Waals surface area contributed by atoms with Crippen LogP contribution in [0.15, 0.2) is 66.7 Å². The number of nitrogens with one attached hydrogen (secondary N) is 2. The molecule has 0 saturated heterocycles. The Hall–Kier alpha value is -4.20. The predicted octanol–water partition coefficient (Wildman–Crippen LogP) is 4.78. The Bertz CT molecular complexity index is 1270. The largest absolute Gasteiger partial charge is 0.480 e. The molecule has 0 aliphatic heterocycles. The molecule has 7 nitrogen and oxygen atoms in total. The van der Waals surface area contributed by atoms with Gasteiger partial charge in [0.25, 0.3) is 5.91 Å². The minimum Gasteiger partial charge on any atom is -0.480 e. The Kier molecular flexibility index (Phi) is 5.94. The summed E-state index contributed by atoms with van der Waals surface area (Å²) in [6.45, 7) is 0.112. The van der Waals surface area contributed by atoms with Gasteiger partial charge in [0.2, 0.25) is 0 Å². The summed E-state index contributed by atoms with van der Waals surface area (Å²) < 4.78 is 20.0. The highest BCUT2D eigenvalue weighted by Crippen LogP contribution is 2.44. The standard InChI is InChI=1S/C27H23FN2O5/c28-23-13-16(11-12-21(23)25(31)30-24(26(32)33)15-9-10-15)29-27(34)35-14-22-19-7-3-1-5-17(19)18-6-2-4-8-20(18)22/h1-8,11-13,15,22,24H,9-10,14H2,(H,29,34)(H,30,31)(H,32,33). The van der Waals surface area contributed by atoms with E-state index in [1.54, 1.807) is 0 Å². The van der Waals surface area contributed by atoms with E-state index in [1.807, 2.05) is 48.5 Å². The number of carbonyl (C=O) groups excluding carboxylic acids is 2. The lowest BCUT2D eigenvalue weighted by atomic mass is 9.98. The van der Waals surface area contributed by atoms with Crippen molar-refractivity contribution in [2.45, 2.75) is 24.8 Å². The molecule has 1 saturated carbocycles. The van der Waals surface area contributed by atoms with Crippen LogP contribution in [0.4, 0.5) is 14.9 Å². The van der Waals surface area contributed by atoms with Crippen molar-refractivity contribution in [3.8, 4) is 11.1 Å². The molecule has 2 amide bonds. The Balaban J connectivity index is 1.22.